The summed E-state index contributed by atoms with van der Waals surface area (Å²) in [5, 5.41) is 9.36. The summed E-state index contributed by atoms with van der Waals surface area (Å²) < 4.78 is 6.40. The zero-order chi connectivity index (χ0) is 21.5. The van der Waals surface area contributed by atoms with Crippen molar-refractivity contribution in [2.75, 3.05) is 0 Å². The summed E-state index contributed by atoms with van der Waals surface area (Å²) in [6, 6.07) is 6.34. The molecule has 158 valence electrons. The molecule has 0 heterocycles. The maximum Gasteiger partial charge on any atom is 0.336 e. The van der Waals surface area contributed by atoms with Crippen LogP contribution in [0.3, 0.4) is 0 Å². The average Bonchev–Trinajstić information content (AvgIpc) is 2.62. The Bertz CT molecular complexity index is 656. The van der Waals surface area contributed by atoms with Gasteiger partial charge in [0.05, 0.1) is 11.1 Å². The standard InChI is InChI=1S/C23H38O4Si/c1-8-9-10-13-16-23(6,7)28(17(2)3,18(4)5)27-22(26)20-15-12-11-14-19(20)21(24)25/h11-12,14-15,17-18H,8-10,13,16H2,1-7H3,(H,24,25). The first kappa shape index (κ1) is 24.4. The van der Waals surface area contributed by atoms with E-state index in [1.54, 1.807) is 18.2 Å². The van der Waals surface area contributed by atoms with Crippen molar-refractivity contribution in [3.05, 3.63) is 35.4 Å². The molecule has 0 radical (unpaired) electrons. The maximum atomic E-state index is 13.2. The highest BCUT2D eigenvalue weighted by atomic mass is 28.4. The summed E-state index contributed by atoms with van der Waals surface area (Å²) in [6.07, 6.45) is 5.75. The molecule has 0 amide bonds. The van der Waals surface area contributed by atoms with Crippen LogP contribution in [-0.4, -0.2) is 25.4 Å². The maximum absolute atomic E-state index is 13.2. The number of carbonyl (C=O) groups is 2. The molecule has 0 atom stereocenters. The molecule has 4 nitrogen and oxygen atoms in total. The van der Waals surface area contributed by atoms with Crippen LogP contribution < -0.4 is 0 Å². The second-order valence-corrected chi connectivity index (χ2v) is 14.5. The van der Waals surface area contributed by atoms with Crippen molar-refractivity contribution in [3.63, 3.8) is 0 Å². The van der Waals surface area contributed by atoms with E-state index in [1.807, 2.05) is 0 Å². The first-order valence-corrected chi connectivity index (χ1v) is 12.6. The lowest BCUT2D eigenvalue weighted by molar-refractivity contribution is 0.0651. The summed E-state index contributed by atoms with van der Waals surface area (Å²) in [5.74, 6) is -1.60. The largest absolute Gasteiger partial charge is 0.514 e. The quantitative estimate of drug-likeness (QED) is 0.315. The predicted molar refractivity (Wildman–Crippen MR) is 118 cm³/mol. The number of benzene rings is 1. The second kappa shape index (κ2) is 10.2. The van der Waals surface area contributed by atoms with Crippen LogP contribution in [0.15, 0.2) is 24.3 Å². The van der Waals surface area contributed by atoms with Crippen molar-refractivity contribution < 1.29 is 19.1 Å². The van der Waals surface area contributed by atoms with Gasteiger partial charge in [-0.1, -0.05) is 86.3 Å². The third-order valence-electron chi connectivity index (χ3n) is 6.07. The van der Waals surface area contributed by atoms with Gasteiger partial charge in [0.25, 0.3) is 8.32 Å². The molecule has 0 saturated carbocycles. The fourth-order valence-electron chi connectivity index (χ4n) is 4.85. The van der Waals surface area contributed by atoms with Gasteiger partial charge in [-0.2, -0.15) is 0 Å². The minimum absolute atomic E-state index is 0.00339. The Morgan fingerprint density at radius 3 is 2.00 bits per heavy atom. The third-order valence-corrected chi connectivity index (χ3v) is 12.4. The zero-order valence-electron chi connectivity index (χ0n) is 18.7. The lowest BCUT2D eigenvalue weighted by Crippen LogP contribution is -2.55. The molecular formula is C23H38O4Si. The summed E-state index contributed by atoms with van der Waals surface area (Å²) in [5.41, 5.74) is 0.614. The number of hydrogen-bond acceptors (Lipinski definition) is 3. The molecule has 0 bridgehead atoms. The van der Waals surface area contributed by atoms with Crippen LogP contribution in [0.2, 0.25) is 16.1 Å². The Labute approximate surface area is 171 Å². The topological polar surface area (TPSA) is 63.6 Å². The number of rotatable bonds is 11. The van der Waals surface area contributed by atoms with E-state index in [9.17, 15) is 14.7 Å². The van der Waals surface area contributed by atoms with Crippen LogP contribution in [0.5, 0.6) is 0 Å². The molecule has 0 fully saturated rings. The summed E-state index contributed by atoms with van der Waals surface area (Å²) in [4.78, 5) is 24.7. The fraction of sp³-hybridized carbons (Fsp3) is 0.652. The van der Waals surface area contributed by atoms with Crippen molar-refractivity contribution in [2.24, 2.45) is 0 Å². The Morgan fingerprint density at radius 2 is 1.54 bits per heavy atom. The molecule has 0 aliphatic heterocycles. The van der Waals surface area contributed by atoms with Crippen molar-refractivity contribution >= 4 is 20.3 Å². The fourth-order valence-corrected chi connectivity index (χ4v) is 11.0. The van der Waals surface area contributed by atoms with E-state index in [-0.39, 0.29) is 27.2 Å². The smallest absolute Gasteiger partial charge is 0.336 e. The molecular weight excluding hydrogens is 368 g/mol. The number of carbonyl (C=O) groups excluding carboxylic acids is 1. The van der Waals surface area contributed by atoms with Gasteiger partial charge in [0.15, 0.2) is 0 Å². The third kappa shape index (κ3) is 5.25. The highest BCUT2D eigenvalue weighted by molar-refractivity contribution is 6.80. The van der Waals surface area contributed by atoms with Gasteiger partial charge in [0, 0.05) is 0 Å². The van der Waals surface area contributed by atoms with Crippen molar-refractivity contribution in [3.8, 4) is 0 Å². The molecule has 1 rings (SSSR count). The molecule has 0 aliphatic rings. The van der Waals surface area contributed by atoms with E-state index in [2.05, 4.69) is 48.5 Å². The minimum Gasteiger partial charge on any atom is -0.514 e. The van der Waals surface area contributed by atoms with Crippen LogP contribution in [-0.2, 0) is 4.43 Å². The van der Waals surface area contributed by atoms with Crippen molar-refractivity contribution in [1.82, 2.24) is 0 Å². The Morgan fingerprint density at radius 1 is 1.00 bits per heavy atom. The van der Waals surface area contributed by atoms with E-state index in [1.165, 1.54) is 25.3 Å². The first-order valence-electron chi connectivity index (χ1n) is 10.6. The van der Waals surface area contributed by atoms with Gasteiger partial charge < -0.3 is 9.53 Å². The minimum atomic E-state index is -2.58. The molecule has 1 aromatic rings. The van der Waals surface area contributed by atoms with E-state index in [0.717, 1.165) is 12.8 Å². The van der Waals surface area contributed by atoms with Crippen LogP contribution in [0.1, 0.15) is 101 Å². The van der Waals surface area contributed by atoms with E-state index < -0.39 is 20.3 Å². The van der Waals surface area contributed by atoms with Gasteiger partial charge in [0.1, 0.15) is 0 Å². The Kier molecular flexibility index (Phi) is 8.93. The highest BCUT2D eigenvalue weighted by Gasteiger charge is 2.56. The van der Waals surface area contributed by atoms with Crippen LogP contribution in [0.25, 0.3) is 0 Å². The first-order chi connectivity index (χ1) is 13.0. The van der Waals surface area contributed by atoms with E-state index >= 15 is 0 Å². The van der Waals surface area contributed by atoms with Crippen LogP contribution in [0.4, 0.5) is 0 Å². The van der Waals surface area contributed by atoms with Gasteiger partial charge >= 0.3 is 11.9 Å². The summed E-state index contributed by atoms with van der Waals surface area (Å²) >= 11 is 0. The zero-order valence-corrected chi connectivity index (χ0v) is 19.7. The molecule has 0 unspecified atom stereocenters. The molecule has 5 heteroatoms. The molecule has 0 spiro atoms. The lowest BCUT2D eigenvalue weighted by atomic mass is 10.0. The highest BCUT2D eigenvalue weighted by Crippen LogP contribution is 2.54. The predicted octanol–water partition coefficient (Wildman–Crippen LogP) is 7.06. The van der Waals surface area contributed by atoms with Gasteiger partial charge in [-0.15, -0.1) is 0 Å². The van der Waals surface area contributed by atoms with Gasteiger partial charge in [-0.3, -0.25) is 0 Å². The number of unbranched alkanes of at least 4 members (excludes halogenated alkanes) is 3. The van der Waals surface area contributed by atoms with Crippen molar-refractivity contribution in [2.45, 2.75) is 96.7 Å². The number of carboxylic acid groups (broad SMARTS) is 1. The van der Waals surface area contributed by atoms with Crippen LogP contribution in [0, 0.1) is 0 Å². The van der Waals surface area contributed by atoms with Gasteiger partial charge in [0.2, 0.25) is 0 Å². The lowest BCUT2D eigenvalue weighted by Gasteiger charge is -2.49. The molecule has 0 aromatic heterocycles. The monoisotopic (exact) mass is 406 g/mol. The molecule has 28 heavy (non-hydrogen) atoms. The van der Waals surface area contributed by atoms with E-state index in [4.69, 9.17) is 4.43 Å². The average molecular weight is 407 g/mol. The number of aromatic carboxylic acids is 1. The number of carboxylic acids is 1. The second-order valence-electron chi connectivity index (χ2n) is 9.04. The molecule has 0 saturated heterocycles. The SMILES string of the molecule is CCCCCCC(C)(C)[Si](OC(=O)c1ccccc1C(=O)O)(C(C)C)C(C)C. The number of hydrogen-bond donors (Lipinski definition) is 1. The summed E-state index contributed by atoms with van der Waals surface area (Å²) in [6.45, 7) is 15.3. The Hall–Kier alpha value is -1.62. The molecule has 0 aliphatic carbocycles. The van der Waals surface area contributed by atoms with Crippen molar-refractivity contribution in [1.29, 1.82) is 0 Å². The van der Waals surface area contributed by atoms with E-state index in [0.29, 0.717) is 0 Å². The molecule has 1 N–H and O–H groups in total. The van der Waals surface area contributed by atoms with Crippen LogP contribution >= 0.6 is 0 Å². The molecule has 1 aromatic carbocycles. The van der Waals surface area contributed by atoms with Gasteiger partial charge in [-0.25, -0.2) is 9.59 Å². The van der Waals surface area contributed by atoms with Gasteiger partial charge in [-0.05, 0) is 34.7 Å². The Balaban J connectivity index is 3.28. The summed E-state index contributed by atoms with van der Waals surface area (Å²) in [7, 11) is -2.58. The normalized spacial score (nSPS) is 12.5.